The van der Waals surface area contributed by atoms with Crippen molar-refractivity contribution < 1.29 is 4.79 Å². The number of thiophene rings is 1. The van der Waals surface area contributed by atoms with Crippen LogP contribution in [0.3, 0.4) is 0 Å². The molecule has 1 amide bonds. The summed E-state index contributed by atoms with van der Waals surface area (Å²) >= 11 is 1.77. The highest BCUT2D eigenvalue weighted by atomic mass is 32.1. The number of rotatable bonds is 4. The molecule has 1 aliphatic heterocycles. The normalized spacial score (nSPS) is 19.3. The van der Waals surface area contributed by atoms with Gasteiger partial charge in [0.2, 0.25) is 0 Å². The molecule has 7 heteroatoms. The van der Waals surface area contributed by atoms with Gasteiger partial charge in [0.05, 0.1) is 23.1 Å². The van der Waals surface area contributed by atoms with Crippen molar-refractivity contribution in [3.8, 4) is 17.2 Å². The van der Waals surface area contributed by atoms with Gasteiger partial charge in [-0.15, -0.1) is 11.3 Å². The molecule has 0 unspecified atom stereocenters. The maximum absolute atomic E-state index is 13.3. The summed E-state index contributed by atoms with van der Waals surface area (Å²) in [4.78, 5) is 27.2. The van der Waals surface area contributed by atoms with Gasteiger partial charge in [-0.2, -0.15) is 5.10 Å². The molecule has 1 saturated carbocycles. The topological polar surface area (TPSA) is 63.9 Å². The highest BCUT2D eigenvalue weighted by molar-refractivity contribution is 7.12. The molecule has 3 aromatic heterocycles. The molecule has 30 heavy (non-hydrogen) atoms. The van der Waals surface area contributed by atoms with Crippen LogP contribution in [0, 0.1) is 19.8 Å². The van der Waals surface area contributed by atoms with E-state index in [1.165, 1.54) is 16.2 Å². The maximum Gasteiger partial charge on any atom is 0.257 e. The van der Waals surface area contributed by atoms with Crippen molar-refractivity contribution in [2.45, 2.75) is 52.4 Å². The third-order valence-corrected chi connectivity index (χ3v) is 7.06. The lowest BCUT2D eigenvalue weighted by molar-refractivity contribution is 0.0682. The van der Waals surface area contributed by atoms with Crippen LogP contribution in [0.15, 0.2) is 24.5 Å². The SMILES string of the molecule is Cc1cc(-c2ccnc(-n3ncc(C(=O)N4CCC[C@H](C)C4)c3C3CC3)n2)c(C)s1. The number of amides is 1. The van der Waals surface area contributed by atoms with E-state index in [9.17, 15) is 4.79 Å². The third kappa shape index (κ3) is 3.55. The molecule has 0 radical (unpaired) electrons. The standard InChI is InChI=1S/C23H27N5OS/c1-14-5-4-10-27(13-14)22(29)19-12-25-28(21(19)17-6-7-17)23-24-9-8-20(26-23)18-11-15(2)30-16(18)3/h8-9,11-12,14,17H,4-7,10,13H2,1-3H3/t14-/m0/s1. The Labute approximate surface area is 181 Å². The van der Waals surface area contributed by atoms with Crippen LogP contribution >= 0.6 is 11.3 Å². The Balaban J connectivity index is 1.52. The molecule has 5 rings (SSSR count). The van der Waals surface area contributed by atoms with Crippen molar-refractivity contribution in [2.24, 2.45) is 5.92 Å². The number of nitrogens with zero attached hydrogens (tertiary/aromatic N) is 5. The second-order valence-corrected chi connectivity index (χ2v) is 10.2. The van der Waals surface area contributed by atoms with Crippen LogP contribution in [0.2, 0.25) is 0 Å². The average Bonchev–Trinajstić information content (AvgIpc) is 3.39. The Hall–Kier alpha value is -2.54. The van der Waals surface area contributed by atoms with Crippen molar-refractivity contribution in [1.29, 1.82) is 0 Å². The van der Waals surface area contributed by atoms with Gasteiger partial charge in [0, 0.05) is 40.5 Å². The summed E-state index contributed by atoms with van der Waals surface area (Å²) < 4.78 is 1.80. The van der Waals surface area contributed by atoms with Gasteiger partial charge in [0.1, 0.15) is 0 Å². The van der Waals surface area contributed by atoms with Crippen molar-refractivity contribution in [1.82, 2.24) is 24.6 Å². The molecule has 1 aliphatic carbocycles. The second-order valence-electron chi connectivity index (χ2n) is 8.70. The van der Waals surface area contributed by atoms with E-state index in [0.29, 0.717) is 17.8 Å². The van der Waals surface area contributed by atoms with E-state index in [1.807, 2.05) is 11.0 Å². The van der Waals surface area contributed by atoms with Gasteiger partial charge >= 0.3 is 0 Å². The maximum atomic E-state index is 13.3. The molecular formula is C23H27N5OS. The number of carbonyl (C=O) groups is 1. The molecule has 1 saturated heterocycles. The van der Waals surface area contributed by atoms with E-state index in [1.54, 1.807) is 28.4 Å². The lowest BCUT2D eigenvalue weighted by atomic mass is 9.99. The lowest BCUT2D eigenvalue weighted by Crippen LogP contribution is -2.39. The molecule has 3 aromatic rings. The highest BCUT2D eigenvalue weighted by Crippen LogP contribution is 2.42. The molecule has 4 heterocycles. The number of carbonyl (C=O) groups excluding carboxylic acids is 1. The van der Waals surface area contributed by atoms with E-state index in [-0.39, 0.29) is 5.91 Å². The van der Waals surface area contributed by atoms with Crippen molar-refractivity contribution in [2.75, 3.05) is 13.1 Å². The largest absolute Gasteiger partial charge is 0.338 e. The summed E-state index contributed by atoms with van der Waals surface area (Å²) in [5.41, 5.74) is 3.74. The van der Waals surface area contributed by atoms with Gasteiger partial charge in [0.15, 0.2) is 0 Å². The van der Waals surface area contributed by atoms with Crippen LogP contribution in [0.1, 0.15) is 64.3 Å². The van der Waals surface area contributed by atoms with Gasteiger partial charge in [-0.3, -0.25) is 4.79 Å². The molecule has 6 nitrogen and oxygen atoms in total. The molecule has 2 aliphatic rings. The van der Waals surface area contributed by atoms with E-state index in [4.69, 9.17) is 4.98 Å². The summed E-state index contributed by atoms with van der Waals surface area (Å²) in [5.74, 6) is 1.57. The Kier molecular flexibility index (Phi) is 4.93. The zero-order chi connectivity index (χ0) is 20.8. The third-order valence-electron chi connectivity index (χ3n) is 6.09. The number of hydrogen-bond donors (Lipinski definition) is 0. The monoisotopic (exact) mass is 421 g/mol. The smallest absolute Gasteiger partial charge is 0.257 e. The number of aromatic nitrogens is 4. The molecule has 0 aromatic carbocycles. The van der Waals surface area contributed by atoms with E-state index in [0.717, 1.165) is 54.9 Å². The summed E-state index contributed by atoms with van der Waals surface area (Å²) in [5, 5.41) is 4.59. The van der Waals surface area contributed by atoms with Crippen molar-refractivity contribution in [3.63, 3.8) is 0 Å². The quantitative estimate of drug-likeness (QED) is 0.609. The van der Waals surface area contributed by atoms with Crippen LogP contribution in [0.25, 0.3) is 17.2 Å². The summed E-state index contributed by atoms with van der Waals surface area (Å²) in [6.45, 7) is 8.12. The minimum absolute atomic E-state index is 0.107. The number of likely N-dealkylation sites (tertiary alicyclic amines) is 1. The Bertz CT molecular complexity index is 1100. The first-order valence-corrected chi connectivity index (χ1v) is 11.6. The predicted molar refractivity (Wildman–Crippen MR) is 118 cm³/mol. The fourth-order valence-electron chi connectivity index (χ4n) is 4.46. The Morgan fingerprint density at radius 2 is 2.07 bits per heavy atom. The number of piperidine rings is 1. The van der Waals surface area contributed by atoms with Gasteiger partial charge in [-0.05, 0) is 57.6 Å². The van der Waals surface area contributed by atoms with Gasteiger partial charge in [-0.1, -0.05) is 6.92 Å². The van der Waals surface area contributed by atoms with Crippen LogP contribution in [0.4, 0.5) is 0 Å². The number of hydrogen-bond acceptors (Lipinski definition) is 5. The second kappa shape index (κ2) is 7.61. The van der Waals surface area contributed by atoms with Crippen LogP contribution < -0.4 is 0 Å². The van der Waals surface area contributed by atoms with Gasteiger partial charge in [-0.25, -0.2) is 14.6 Å². The molecule has 1 atom stereocenters. The molecule has 0 N–H and O–H groups in total. The molecule has 156 valence electrons. The predicted octanol–water partition coefficient (Wildman–Crippen LogP) is 4.76. The summed E-state index contributed by atoms with van der Waals surface area (Å²) in [6.07, 6.45) is 7.96. The molecule has 0 bridgehead atoms. The Morgan fingerprint density at radius 3 is 2.77 bits per heavy atom. The van der Waals surface area contributed by atoms with E-state index < -0.39 is 0 Å². The van der Waals surface area contributed by atoms with Gasteiger partial charge in [0.25, 0.3) is 11.9 Å². The molecule has 0 spiro atoms. The first-order chi connectivity index (χ1) is 14.5. The zero-order valence-electron chi connectivity index (χ0n) is 17.8. The van der Waals surface area contributed by atoms with Gasteiger partial charge < -0.3 is 4.90 Å². The minimum atomic E-state index is 0.107. The number of aryl methyl sites for hydroxylation is 2. The minimum Gasteiger partial charge on any atom is -0.338 e. The first-order valence-electron chi connectivity index (χ1n) is 10.8. The first kappa shape index (κ1) is 19.4. The molecule has 2 fully saturated rings. The van der Waals surface area contributed by atoms with E-state index >= 15 is 0 Å². The Morgan fingerprint density at radius 1 is 1.23 bits per heavy atom. The molecular weight excluding hydrogens is 394 g/mol. The fourth-order valence-corrected chi connectivity index (χ4v) is 5.39. The van der Waals surface area contributed by atoms with Crippen molar-refractivity contribution in [3.05, 3.63) is 45.5 Å². The summed E-state index contributed by atoms with van der Waals surface area (Å²) in [7, 11) is 0. The van der Waals surface area contributed by atoms with Crippen molar-refractivity contribution >= 4 is 17.2 Å². The van der Waals surface area contributed by atoms with E-state index in [2.05, 4.69) is 36.9 Å². The average molecular weight is 422 g/mol. The van der Waals surface area contributed by atoms with Crippen LogP contribution in [-0.4, -0.2) is 43.6 Å². The highest BCUT2D eigenvalue weighted by Gasteiger charge is 2.35. The van der Waals surface area contributed by atoms with Crippen LogP contribution in [-0.2, 0) is 0 Å². The zero-order valence-corrected chi connectivity index (χ0v) is 18.6. The fraction of sp³-hybridized carbons (Fsp3) is 0.478. The lowest BCUT2D eigenvalue weighted by Gasteiger charge is -2.31. The summed E-state index contributed by atoms with van der Waals surface area (Å²) in [6, 6.07) is 4.11. The van der Waals surface area contributed by atoms with Crippen LogP contribution in [0.5, 0.6) is 0 Å².